The second-order valence-electron chi connectivity index (χ2n) is 4.89. The minimum absolute atomic E-state index is 0.00750. The molecule has 2 rings (SSSR count). The van der Waals surface area contributed by atoms with Crippen molar-refractivity contribution in [2.75, 3.05) is 5.32 Å². The Bertz CT molecular complexity index is 635. The third kappa shape index (κ3) is 4.23. The lowest BCUT2D eigenvalue weighted by molar-refractivity contribution is 0.248. The first-order valence-electron chi connectivity index (χ1n) is 6.37. The fourth-order valence-corrected chi connectivity index (χ4v) is 3.51. The Hall–Kier alpha value is -1.02. The number of rotatable bonds is 3. The van der Waals surface area contributed by atoms with E-state index in [1.807, 2.05) is 0 Å². The predicted octanol–water partition coefficient (Wildman–Crippen LogP) is 2.70. The highest BCUT2D eigenvalue weighted by Crippen LogP contribution is 2.33. The summed E-state index contributed by atoms with van der Waals surface area (Å²) >= 11 is 11.9. The number of amides is 2. The average Bonchev–Trinajstić information content (AvgIpc) is 2.85. The summed E-state index contributed by atoms with van der Waals surface area (Å²) < 4.78 is 22.5. The minimum atomic E-state index is -3.91. The molecule has 1 fully saturated rings. The van der Waals surface area contributed by atoms with Crippen molar-refractivity contribution >= 4 is 44.9 Å². The summed E-state index contributed by atoms with van der Waals surface area (Å²) in [6.07, 6.45) is 4.07. The summed E-state index contributed by atoms with van der Waals surface area (Å²) in [4.78, 5) is 11.7. The molecule has 4 N–H and O–H groups in total. The van der Waals surface area contributed by atoms with Crippen LogP contribution in [0.15, 0.2) is 17.0 Å². The first-order valence-corrected chi connectivity index (χ1v) is 8.67. The maximum atomic E-state index is 11.9. The van der Waals surface area contributed by atoms with Gasteiger partial charge < -0.3 is 10.6 Å². The van der Waals surface area contributed by atoms with Gasteiger partial charge in [-0.05, 0) is 25.0 Å². The third-order valence-electron chi connectivity index (χ3n) is 3.27. The fourth-order valence-electron chi connectivity index (χ4n) is 2.24. The van der Waals surface area contributed by atoms with E-state index in [9.17, 15) is 13.2 Å². The zero-order chi connectivity index (χ0) is 15.6. The van der Waals surface area contributed by atoms with Gasteiger partial charge >= 0.3 is 6.03 Å². The van der Waals surface area contributed by atoms with Gasteiger partial charge in [-0.3, -0.25) is 0 Å². The van der Waals surface area contributed by atoms with Crippen LogP contribution in [0.1, 0.15) is 25.7 Å². The van der Waals surface area contributed by atoms with Crippen LogP contribution >= 0.6 is 23.2 Å². The van der Waals surface area contributed by atoms with E-state index < -0.39 is 16.1 Å². The second kappa shape index (κ2) is 6.39. The van der Waals surface area contributed by atoms with Gasteiger partial charge in [-0.2, -0.15) is 0 Å². The first-order chi connectivity index (χ1) is 9.77. The summed E-state index contributed by atoms with van der Waals surface area (Å²) in [5.41, 5.74) is 0.154. The molecule has 1 aliphatic carbocycles. The molecule has 0 aromatic heterocycles. The highest BCUT2D eigenvalue weighted by molar-refractivity contribution is 7.89. The average molecular weight is 352 g/mol. The number of hydrogen-bond donors (Lipinski definition) is 3. The van der Waals surface area contributed by atoms with Crippen LogP contribution in [-0.4, -0.2) is 20.5 Å². The molecule has 0 radical (unpaired) electrons. The largest absolute Gasteiger partial charge is 0.335 e. The van der Waals surface area contributed by atoms with Crippen molar-refractivity contribution in [3.05, 3.63) is 22.2 Å². The van der Waals surface area contributed by atoms with E-state index >= 15 is 0 Å². The van der Waals surface area contributed by atoms with Crippen LogP contribution < -0.4 is 15.8 Å². The SMILES string of the molecule is NS(=O)(=O)c1cc(Cl)c(NC(=O)NC2CCCC2)c(Cl)c1. The molecule has 116 valence electrons. The number of hydrogen-bond acceptors (Lipinski definition) is 3. The zero-order valence-electron chi connectivity index (χ0n) is 11.0. The van der Waals surface area contributed by atoms with E-state index in [2.05, 4.69) is 10.6 Å². The Morgan fingerprint density at radius 3 is 2.19 bits per heavy atom. The van der Waals surface area contributed by atoms with Gasteiger partial charge in [0.1, 0.15) is 0 Å². The van der Waals surface area contributed by atoms with Crippen molar-refractivity contribution in [2.45, 2.75) is 36.6 Å². The lowest BCUT2D eigenvalue weighted by Gasteiger charge is -2.15. The van der Waals surface area contributed by atoms with Gasteiger partial charge in [0, 0.05) is 6.04 Å². The number of carbonyl (C=O) groups excluding carboxylic acids is 1. The number of nitrogens with one attached hydrogen (secondary N) is 2. The number of halogens is 2. The molecule has 1 saturated carbocycles. The Balaban J connectivity index is 2.14. The molecule has 2 amide bonds. The Labute approximate surface area is 133 Å². The third-order valence-corrected chi connectivity index (χ3v) is 4.76. The molecular weight excluding hydrogens is 337 g/mol. The number of benzene rings is 1. The highest BCUT2D eigenvalue weighted by atomic mass is 35.5. The molecule has 0 aliphatic heterocycles. The van der Waals surface area contributed by atoms with Gasteiger partial charge in [0.2, 0.25) is 10.0 Å². The Kier molecular flexibility index (Phi) is 4.98. The van der Waals surface area contributed by atoms with Crippen LogP contribution in [0.5, 0.6) is 0 Å². The van der Waals surface area contributed by atoms with Crippen LogP contribution in [0.3, 0.4) is 0 Å². The topological polar surface area (TPSA) is 101 Å². The first kappa shape index (κ1) is 16.4. The number of nitrogens with two attached hydrogens (primary N) is 1. The molecule has 0 spiro atoms. The van der Waals surface area contributed by atoms with Gasteiger partial charge in [0.25, 0.3) is 0 Å². The lowest BCUT2D eigenvalue weighted by Crippen LogP contribution is -2.36. The number of urea groups is 1. The van der Waals surface area contributed by atoms with E-state index in [1.54, 1.807) is 0 Å². The van der Waals surface area contributed by atoms with Crippen molar-refractivity contribution in [3.63, 3.8) is 0 Å². The Morgan fingerprint density at radius 2 is 1.71 bits per heavy atom. The van der Waals surface area contributed by atoms with Crippen molar-refractivity contribution in [1.29, 1.82) is 0 Å². The summed E-state index contributed by atoms with van der Waals surface area (Å²) in [5.74, 6) is 0. The maximum Gasteiger partial charge on any atom is 0.319 e. The fraction of sp³-hybridized carbons (Fsp3) is 0.417. The monoisotopic (exact) mass is 351 g/mol. The van der Waals surface area contributed by atoms with E-state index in [0.717, 1.165) is 37.8 Å². The normalized spacial score (nSPS) is 16.0. The summed E-state index contributed by atoms with van der Waals surface area (Å²) in [7, 11) is -3.91. The van der Waals surface area contributed by atoms with E-state index in [0.29, 0.717) is 0 Å². The molecule has 0 saturated heterocycles. The molecule has 0 atom stereocenters. The molecule has 6 nitrogen and oxygen atoms in total. The highest BCUT2D eigenvalue weighted by Gasteiger charge is 2.20. The summed E-state index contributed by atoms with van der Waals surface area (Å²) in [6.45, 7) is 0. The van der Waals surface area contributed by atoms with Crippen LogP contribution in [-0.2, 0) is 10.0 Å². The molecule has 1 aromatic rings. The lowest BCUT2D eigenvalue weighted by atomic mass is 10.2. The summed E-state index contributed by atoms with van der Waals surface area (Å²) in [5, 5.41) is 10.4. The van der Waals surface area contributed by atoms with E-state index in [-0.39, 0.29) is 26.7 Å². The molecule has 1 aromatic carbocycles. The number of primary sulfonamides is 1. The van der Waals surface area contributed by atoms with Gasteiger partial charge in [-0.1, -0.05) is 36.0 Å². The van der Waals surface area contributed by atoms with Crippen LogP contribution in [0.4, 0.5) is 10.5 Å². The Morgan fingerprint density at radius 1 is 1.19 bits per heavy atom. The summed E-state index contributed by atoms with van der Waals surface area (Å²) in [6, 6.07) is 2.02. The van der Waals surface area contributed by atoms with E-state index in [4.69, 9.17) is 28.3 Å². The quantitative estimate of drug-likeness (QED) is 0.779. The van der Waals surface area contributed by atoms with Crippen LogP contribution in [0.2, 0.25) is 10.0 Å². The standard InChI is InChI=1S/C12H15Cl2N3O3S/c13-9-5-8(21(15,19)20)6-10(14)11(9)17-12(18)16-7-3-1-2-4-7/h5-7H,1-4H2,(H2,15,19,20)(H2,16,17,18). The molecule has 0 heterocycles. The van der Waals surface area contributed by atoms with Crippen molar-refractivity contribution in [3.8, 4) is 0 Å². The smallest absolute Gasteiger partial charge is 0.319 e. The molecule has 21 heavy (non-hydrogen) atoms. The number of sulfonamides is 1. The van der Waals surface area contributed by atoms with Crippen molar-refractivity contribution in [2.24, 2.45) is 5.14 Å². The van der Waals surface area contributed by atoms with Gasteiger partial charge in [-0.25, -0.2) is 18.4 Å². The predicted molar refractivity (Wildman–Crippen MR) is 82.2 cm³/mol. The van der Waals surface area contributed by atoms with Crippen LogP contribution in [0, 0.1) is 0 Å². The molecule has 0 unspecified atom stereocenters. The van der Waals surface area contributed by atoms with E-state index in [1.165, 1.54) is 0 Å². The molecular formula is C12H15Cl2N3O3S. The van der Waals surface area contributed by atoms with Gasteiger partial charge in [-0.15, -0.1) is 0 Å². The number of anilines is 1. The number of carbonyl (C=O) groups is 1. The second-order valence-corrected chi connectivity index (χ2v) is 7.26. The van der Waals surface area contributed by atoms with Crippen LogP contribution in [0.25, 0.3) is 0 Å². The van der Waals surface area contributed by atoms with Gasteiger partial charge in [0.15, 0.2) is 0 Å². The van der Waals surface area contributed by atoms with Crippen molar-refractivity contribution in [1.82, 2.24) is 5.32 Å². The van der Waals surface area contributed by atoms with Gasteiger partial charge in [0.05, 0.1) is 20.6 Å². The zero-order valence-corrected chi connectivity index (χ0v) is 13.4. The molecule has 1 aliphatic rings. The maximum absolute atomic E-state index is 11.9. The van der Waals surface area contributed by atoms with Crippen molar-refractivity contribution < 1.29 is 13.2 Å². The molecule has 9 heteroatoms. The molecule has 0 bridgehead atoms. The minimum Gasteiger partial charge on any atom is -0.335 e.